The number of hydrogen-bond donors (Lipinski definition) is 2. The number of hydrogen-bond acceptors (Lipinski definition) is 4. The number of rotatable bonds is 5. The predicted molar refractivity (Wildman–Crippen MR) is 98.6 cm³/mol. The van der Waals surface area contributed by atoms with Crippen molar-refractivity contribution in [2.45, 2.75) is 13.8 Å². The predicted octanol–water partition coefficient (Wildman–Crippen LogP) is 4.31. The van der Waals surface area contributed by atoms with Crippen molar-refractivity contribution in [2.75, 3.05) is 10.6 Å². The Morgan fingerprint density at radius 3 is 2.56 bits per heavy atom. The molecule has 1 amide bonds. The highest BCUT2D eigenvalue weighted by molar-refractivity contribution is 6.31. The lowest BCUT2D eigenvalue weighted by molar-refractivity contribution is -0.112. The molecule has 2 rings (SSSR count). The molecule has 0 atom stereocenters. The van der Waals surface area contributed by atoms with Crippen LogP contribution in [0.3, 0.4) is 0 Å². The van der Waals surface area contributed by atoms with E-state index in [2.05, 4.69) is 10.6 Å². The first-order valence-corrected chi connectivity index (χ1v) is 7.84. The van der Waals surface area contributed by atoms with Crippen LogP contribution in [0.4, 0.5) is 11.4 Å². The van der Waals surface area contributed by atoms with E-state index in [0.717, 1.165) is 5.56 Å². The number of nitrogens with zero attached hydrogens (tertiary/aromatic N) is 1. The molecule has 0 aromatic heterocycles. The van der Waals surface area contributed by atoms with Gasteiger partial charge in [0, 0.05) is 28.2 Å². The van der Waals surface area contributed by atoms with E-state index in [0.29, 0.717) is 22.0 Å². The van der Waals surface area contributed by atoms with Gasteiger partial charge in [-0.05, 0) is 43.7 Å². The van der Waals surface area contributed by atoms with E-state index < -0.39 is 5.91 Å². The molecule has 0 bridgehead atoms. The first kappa shape index (κ1) is 18.2. The van der Waals surface area contributed by atoms with Gasteiger partial charge in [-0.3, -0.25) is 9.59 Å². The molecule has 0 fully saturated rings. The van der Waals surface area contributed by atoms with Crippen LogP contribution in [-0.4, -0.2) is 11.7 Å². The molecule has 2 aromatic rings. The molecule has 6 heteroatoms. The van der Waals surface area contributed by atoms with E-state index >= 15 is 0 Å². The van der Waals surface area contributed by atoms with E-state index in [1.807, 2.05) is 13.0 Å². The summed E-state index contributed by atoms with van der Waals surface area (Å²) in [6.45, 7) is 3.32. The van der Waals surface area contributed by atoms with Gasteiger partial charge in [-0.1, -0.05) is 29.8 Å². The number of benzene rings is 2. The fourth-order valence-electron chi connectivity index (χ4n) is 2.00. The minimum atomic E-state index is -0.558. The van der Waals surface area contributed by atoms with Crippen molar-refractivity contribution in [1.29, 1.82) is 5.26 Å². The van der Waals surface area contributed by atoms with Gasteiger partial charge < -0.3 is 10.6 Å². The molecule has 126 valence electrons. The first-order valence-electron chi connectivity index (χ1n) is 7.46. The molecule has 0 radical (unpaired) electrons. The number of amides is 1. The van der Waals surface area contributed by atoms with E-state index in [9.17, 15) is 14.9 Å². The highest BCUT2D eigenvalue weighted by Crippen LogP contribution is 2.20. The molecule has 0 spiro atoms. The summed E-state index contributed by atoms with van der Waals surface area (Å²) in [5.41, 5.74) is 2.43. The van der Waals surface area contributed by atoms with Gasteiger partial charge in [-0.25, -0.2) is 0 Å². The second-order valence-electron chi connectivity index (χ2n) is 5.37. The van der Waals surface area contributed by atoms with Gasteiger partial charge in [0.2, 0.25) is 0 Å². The molecule has 0 saturated carbocycles. The van der Waals surface area contributed by atoms with Gasteiger partial charge in [0.25, 0.3) is 5.91 Å². The molecule has 0 unspecified atom stereocenters. The Labute approximate surface area is 150 Å². The Hall–Kier alpha value is -3.10. The highest BCUT2D eigenvalue weighted by Gasteiger charge is 2.10. The number of nitriles is 1. The summed E-state index contributed by atoms with van der Waals surface area (Å²) in [5, 5.41) is 15.2. The summed E-state index contributed by atoms with van der Waals surface area (Å²) < 4.78 is 0. The number of Topliss-reactive ketones (excluding diaryl/α,β-unsaturated/α-hetero) is 1. The molecule has 5 nitrogen and oxygen atoms in total. The fourth-order valence-corrected chi connectivity index (χ4v) is 2.18. The zero-order valence-corrected chi connectivity index (χ0v) is 14.5. The number of carbonyl (C=O) groups is 2. The van der Waals surface area contributed by atoms with Crippen LogP contribution >= 0.6 is 11.6 Å². The van der Waals surface area contributed by atoms with Gasteiger partial charge in [0.1, 0.15) is 11.6 Å². The largest absolute Gasteiger partial charge is 0.360 e. The smallest absolute Gasteiger partial charge is 0.267 e. The maximum Gasteiger partial charge on any atom is 0.267 e. The number of nitrogens with one attached hydrogen (secondary N) is 2. The topological polar surface area (TPSA) is 82.0 Å². The second kappa shape index (κ2) is 8.13. The van der Waals surface area contributed by atoms with E-state index in [1.165, 1.54) is 13.1 Å². The van der Waals surface area contributed by atoms with Crippen LogP contribution in [0.15, 0.2) is 54.2 Å². The Bertz CT molecular complexity index is 898. The molecule has 2 N–H and O–H groups in total. The molecular weight excluding hydrogens is 338 g/mol. The molecule has 2 aromatic carbocycles. The molecule has 0 aliphatic rings. The summed E-state index contributed by atoms with van der Waals surface area (Å²) in [6, 6.07) is 13.7. The van der Waals surface area contributed by atoms with Crippen LogP contribution < -0.4 is 10.6 Å². The monoisotopic (exact) mass is 353 g/mol. The van der Waals surface area contributed by atoms with E-state index in [1.54, 1.807) is 42.5 Å². The van der Waals surface area contributed by atoms with Crippen LogP contribution in [0.25, 0.3) is 0 Å². The van der Waals surface area contributed by atoms with Crippen molar-refractivity contribution in [1.82, 2.24) is 0 Å². The standard InChI is InChI=1S/C19H16ClN3O2/c1-12-6-7-17(9-18(12)20)23-19(25)15(10-21)11-22-16-5-3-4-14(8-16)13(2)24/h3-9,11,22H,1-2H3,(H,23,25)/b15-11-. The van der Waals surface area contributed by atoms with E-state index in [-0.39, 0.29) is 11.4 Å². The van der Waals surface area contributed by atoms with Crippen molar-refractivity contribution in [3.8, 4) is 6.07 Å². The second-order valence-corrected chi connectivity index (χ2v) is 5.78. The maximum absolute atomic E-state index is 12.2. The lowest BCUT2D eigenvalue weighted by Crippen LogP contribution is -2.14. The molecular formula is C19H16ClN3O2. The van der Waals surface area contributed by atoms with Crippen LogP contribution in [0.1, 0.15) is 22.8 Å². The van der Waals surface area contributed by atoms with Gasteiger partial charge in [-0.15, -0.1) is 0 Å². The number of halogens is 1. The SMILES string of the molecule is CC(=O)c1cccc(N/C=C(/C#N)C(=O)Nc2ccc(C)c(Cl)c2)c1. The summed E-state index contributed by atoms with van der Waals surface area (Å²) in [6.07, 6.45) is 1.30. The van der Waals surface area contributed by atoms with Crippen LogP contribution in [0.5, 0.6) is 0 Å². The molecule has 0 heterocycles. The third-order valence-electron chi connectivity index (χ3n) is 3.45. The fraction of sp³-hybridized carbons (Fsp3) is 0.105. The van der Waals surface area contributed by atoms with Gasteiger partial charge in [0.15, 0.2) is 5.78 Å². The van der Waals surface area contributed by atoms with Crippen LogP contribution in [0.2, 0.25) is 5.02 Å². The molecule has 0 aliphatic carbocycles. The number of carbonyl (C=O) groups excluding carboxylic acids is 2. The van der Waals surface area contributed by atoms with Crippen LogP contribution in [0, 0.1) is 18.3 Å². The van der Waals surface area contributed by atoms with Gasteiger partial charge in [-0.2, -0.15) is 5.26 Å². The normalized spacial score (nSPS) is 10.7. The van der Waals surface area contributed by atoms with E-state index in [4.69, 9.17) is 11.6 Å². The van der Waals surface area contributed by atoms with Crippen molar-refractivity contribution in [2.24, 2.45) is 0 Å². The third kappa shape index (κ3) is 4.93. The maximum atomic E-state index is 12.2. The molecule has 0 aliphatic heterocycles. The molecule has 0 saturated heterocycles. The van der Waals surface area contributed by atoms with Crippen molar-refractivity contribution in [3.05, 3.63) is 70.4 Å². The number of aryl methyl sites for hydroxylation is 1. The van der Waals surface area contributed by atoms with Crippen molar-refractivity contribution in [3.63, 3.8) is 0 Å². The Morgan fingerprint density at radius 1 is 1.16 bits per heavy atom. The number of ketones is 1. The average Bonchev–Trinajstić information content (AvgIpc) is 2.59. The first-order chi connectivity index (χ1) is 11.9. The lowest BCUT2D eigenvalue weighted by atomic mass is 10.1. The van der Waals surface area contributed by atoms with Gasteiger partial charge in [0.05, 0.1) is 0 Å². The zero-order chi connectivity index (χ0) is 18.4. The Morgan fingerprint density at radius 2 is 1.92 bits per heavy atom. The highest BCUT2D eigenvalue weighted by atomic mass is 35.5. The summed E-state index contributed by atoms with van der Waals surface area (Å²) in [4.78, 5) is 23.6. The number of anilines is 2. The summed E-state index contributed by atoms with van der Waals surface area (Å²) >= 11 is 6.02. The summed E-state index contributed by atoms with van der Waals surface area (Å²) in [5.74, 6) is -0.625. The van der Waals surface area contributed by atoms with Crippen molar-refractivity contribution < 1.29 is 9.59 Å². The minimum absolute atomic E-state index is 0.0675. The lowest BCUT2D eigenvalue weighted by Gasteiger charge is -2.07. The van der Waals surface area contributed by atoms with Gasteiger partial charge >= 0.3 is 0 Å². The Balaban J connectivity index is 2.12. The minimum Gasteiger partial charge on any atom is -0.360 e. The van der Waals surface area contributed by atoms with Crippen LogP contribution in [-0.2, 0) is 4.79 Å². The quantitative estimate of drug-likeness (QED) is 0.476. The summed E-state index contributed by atoms with van der Waals surface area (Å²) in [7, 11) is 0. The Kier molecular flexibility index (Phi) is 5.93. The molecule has 25 heavy (non-hydrogen) atoms. The third-order valence-corrected chi connectivity index (χ3v) is 3.85. The van der Waals surface area contributed by atoms with Crippen molar-refractivity contribution >= 4 is 34.7 Å². The zero-order valence-electron chi connectivity index (χ0n) is 13.8. The average molecular weight is 354 g/mol.